The molecule has 0 aliphatic rings. The van der Waals surface area contributed by atoms with Gasteiger partial charge in [0.15, 0.2) is 5.58 Å². The summed E-state index contributed by atoms with van der Waals surface area (Å²) in [4.78, 5) is 27.5. The number of non-ortho nitro benzene ring substituents is 1. The number of anilines is 1. The quantitative estimate of drug-likeness (QED) is 0.257. The minimum absolute atomic E-state index is 0.0889. The number of amides is 1. The second-order valence-electron chi connectivity index (χ2n) is 7.51. The van der Waals surface area contributed by atoms with Gasteiger partial charge in [0.2, 0.25) is 5.89 Å². The van der Waals surface area contributed by atoms with Crippen LogP contribution in [0.1, 0.15) is 42.1 Å². The maximum absolute atomic E-state index is 12.6. The van der Waals surface area contributed by atoms with Crippen molar-refractivity contribution >= 4 is 40.0 Å². The summed E-state index contributed by atoms with van der Waals surface area (Å²) in [5.41, 5.74) is 3.88. The number of nitro groups is 1. The first kappa shape index (κ1) is 21.5. The first-order valence-electron chi connectivity index (χ1n) is 10.1. The highest BCUT2D eigenvalue weighted by Gasteiger charge is 2.15. The maximum Gasteiger partial charge on any atom is 0.269 e. The SMILES string of the molecule is CC[C@@H](C)c1ccc2oc(-c3ccc(Cl)c(NC(=O)c4ccc([N+](=O)[O-])cc4)c3)nc2c1. The predicted molar refractivity (Wildman–Crippen MR) is 124 cm³/mol. The molecule has 0 fully saturated rings. The number of nitrogens with zero attached hydrogens (tertiary/aromatic N) is 2. The van der Waals surface area contributed by atoms with Crippen molar-refractivity contribution in [1.82, 2.24) is 4.98 Å². The number of carbonyl (C=O) groups is 1. The van der Waals surface area contributed by atoms with Crippen LogP contribution in [0.2, 0.25) is 5.02 Å². The fourth-order valence-electron chi connectivity index (χ4n) is 3.29. The number of nitro benzene ring substituents is 1. The molecule has 0 radical (unpaired) electrons. The maximum atomic E-state index is 12.6. The van der Waals surface area contributed by atoms with Crippen LogP contribution in [0.5, 0.6) is 0 Å². The lowest BCUT2D eigenvalue weighted by molar-refractivity contribution is -0.384. The molecule has 1 N–H and O–H groups in total. The third-order valence-corrected chi connectivity index (χ3v) is 5.72. The van der Waals surface area contributed by atoms with Gasteiger partial charge in [-0.05, 0) is 60.4 Å². The monoisotopic (exact) mass is 449 g/mol. The Morgan fingerprint density at radius 3 is 2.59 bits per heavy atom. The van der Waals surface area contributed by atoms with E-state index in [1.807, 2.05) is 18.2 Å². The van der Waals surface area contributed by atoms with Gasteiger partial charge in [-0.2, -0.15) is 0 Å². The van der Waals surface area contributed by atoms with E-state index >= 15 is 0 Å². The van der Waals surface area contributed by atoms with Gasteiger partial charge in [-0.15, -0.1) is 0 Å². The van der Waals surface area contributed by atoms with Crippen molar-refractivity contribution in [2.75, 3.05) is 5.32 Å². The molecule has 4 aromatic rings. The van der Waals surface area contributed by atoms with Gasteiger partial charge in [0.05, 0.1) is 15.6 Å². The van der Waals surface area contributed by atoms with E-state index in [1.54, 1.807) is 18.2 Å². The Morgan fingerprint density at radius 2 is 1.91 bits per heavy atom. The summed E-state index contributed by atoms with van der Waals surface area (Å²) in [6.07, 6.45) is 1.03. The van der Waals surface area contributed by atoms with Crippen LogP contribution in [0.4, 0.5) is 11.4 Å². The molecule has 0 spiro atoms. The Labute approximate surface area is 189 Å². The number of benzene rings is 3. The Morgan fingerprint density at radius 1 is 1.16 bits per heavy atom. The zero-order valence-electron chi connectivity index (χ0n) is 17.5. The number of aromatic nitrogens is 1. The number of halogens is 1. The highest BCUT2D eigenvalue weighted by Crippen LogP contribution is 2.32. The van der Waals surface area contributed by atoms with E-state index in [1.165, 1.54) is 29.8 Å². The highest BCUT2D eigenvalue weighted by molar-refractivity contribution is 6.34. The molecule has 0 unspecified atom stereocenters. The molecule has 0 saturated heterocycles. The van der Waals surface area contributed by atoms with E-state index < -0.39 is 10.8 Å². The average Bonchev–Trinajstić information content (AvgIpc) is 3.23. The van der Waals surface area contributed by atoms with Crippen molar-refractivity contribution < 1.29 is 14.1 Å². The first-order chi connectivity index (χ1) is 15.4. The Kier molecular flexibility index (Phi) is 5.92. The van der Waals surface area contributed by atoms with Gasteiger partial charge in [0.25, 0.3) is 11.6 Å². The number of nitrogens with one attached hydrogen (secondary N) is 1. The van der Waals surface area contributed by atoms with Crippen LogP contribution in [-0.4, -0.2) is 15.8 Å². The van der Waals surface area contributed by atoms with Crippen LogP contribution >= 0.6 is 11.6 Å². The van der Waals surface area contributed by atoms with E-state index in [9.17, 15) is 14.9 Å². The lowest BCUT2D eigenvalue weighted by atomic mass is 9.98. The second-order valence-corrected chi connectivity index (χ2v) is 7.92. The first-order valence-corrected chi connectivity index (χ1v) is 10.5. The number of oxazole rings is 1. The summed E-state index contributed by atoms with van der Waals surface area (Å²) >= 11 is 6.28. The second kappa shape index (κ2) is 8.80. The molecule has 4 rings (SSSR count). The minimum atomic E-state index is -0.520. The van der Waals surface area contributed by atoms with Crippen molar-refractivity contribution in [3.8, 4) is 11.5 Å². The van der Waals surface area contributed by atoms with E-state index in [2.05, 4.69) is 24.1 Å². The molecule has 1 amide bonds. The zero-order valence-corrected chi connectivity index (χ0v) is 18.2. The summed E-state index contributed by atoms with van der Waals surface area (Å²) in [6, 6.07) is 16.4. The third kappa shape index (κ3) is 4.33. The predicted octanol–water partition coefficient (Wildman–Crippen LogP) is 6.82. The molecular weight excluding hydrogens is 430 g/mol. The fourth-order valence-corrected chi connectivity index (χ4v) is 3.46. The van der Waals surface area contributed by atoms with Gasteiger partial charge in [-0.1, -0.05) is 31.5 Å². The molecule has 0 aliphatic heterocycles. The molecule has 32 heavy (non-hydrogen) atoms. The molecule has 0 saturated carbocycles. The van der Waals surface area contributed by atoms with Gasteiger partial charge in [0, 0.05) is 23.3 Å². The fraction of sp³-hybridized carbons (Fsp3) is 0.167. The van der Waals surface area contributed by atoms with Crippen molar-refractivity contribution in [2.45, 2.75) is 26.2 Å². The van der Waals surface area contributed by atoms with Gasteiger partial charge < -0.3 is 9.73 Å². The Hall–Kier alpha value is -3.71. The molecule has 0 bridgehead atoms. The van der Waals surface area contributed by atoms with E-state index in [0.29, 0.717) is 33.7 Å². The number of carbonyl (C=O) groups excluding carboxylic acids is 1. The van der Waals surface area contributed by atoms with Crippen LogP contribution in [0, 0.1) is 10.1 Å². The van der Waals surface area contributed by atoms with E-state index in [4.69, 9.17) is 16.0 Å². The van der Waals surface area contributed by atoms with Gasteiger partial charge in [-0.3, -0.25) is 14.9 Å². The van der Waals surface area contributed by atoms with Crippen molar-refractivity contribution in [2.24, 2.45) is 0 Å². The lowest BCUT2D eigenvalue weighted by Gasteiger charge is -2.08. The van der Waals surface area contributed by atoms with Crippen LogP contribution in [0.3, 0.4) is 0 Å². The number of rotatable bonds is 6. The number of hydrogen-bond donors (Lipinski definition) is 1. The smallest absolute Gasteiger partial charge is 0.269 e. The molecule has 162 valence electrons. The van der Waals surface area contributed by atoms with Gasteiger partial charge >= 0.3 is 0 Å². The standard InChI is InChI=1S/C24H20ClN3O4/c1-3-14(2)16-7-11-22-21(12-16)27-24(32-22)17-6-10-19(25)20(13-17)26-23(29)15-4-8-18(9-5-15)28(30)31/h4-14H,3H2,1-2H3,(H,26,29)/t14-/m1/s1. The third-order valence-electron chi connectivity index (χ3n) is 5.39. The molecule has 0 aliphatic carbocycles. The van der Waals surface area contributed by atoms with Crippen LogP contribution in [-0.2, 0) is 0 Å². The van der Waals surface area contributed by atoms with Crippen LogP contribution in [0.25, 0.3) is 22.6 Å². The number of fused-ring (bicyclic) bond motifs is 1. The summed E-state index contributed by atoms with van der Waals surface area (Å²) in [7, 11) is 0. The minimum Gasteiger partial charge on any atom is -0.436 e. The molecule has 8 heteroatoms. The highest BCUT2D eigenvalue weighted by atomic mass is 35.5. The summed E-state index contributed by atoms with van der Waals surface area (Å²) in [5, 5.41) is 13.9. The summed E-state index contributed by atoms with van der Waals surface area (Å²) in [6.45, 7) is 4.31. The van der Waals surface area contributed by atoms with E-state index in [-0.39, 0.29) is 11.3 Å². The largest absolute Gasteiger partial charge is 0.436 e. The normalized spacial score (nSPS) is 12.0. The topological polar surface area (TPSA) is 98.3 Å². The van der Waals surface area contributed by atoms with Crippen LogP contribution < -0.4 is 5.32 Å². The molecular formula is C24H20ClN3O4. The Bertz CT molecular complexity index is 1310. The number of hydrogen-bond acceptors (Lipinski definition) is 5. The molecule has 1 aromatic heterocycles. The molecule has 7 nitrogen and oxygen atoms in total. The Balaban J connectivity index is 1.61. The summed E-state index contributed by atoms with van der Waals surface area (Å²) < 4.78 is 5.91. The van der Waals surface area contributed by atoms with Gasteiger partial charge in [0.1, 0.15) is 5.52 Å². The van der Waals surface area contributed by atoms with E-state index in [0.717, 1.165) is 11.9 Å². The zero-order chi connectivity index (χ0) is 22.8. The average molecular weight is 450 g/mol. The van der Waals surface area contributed by atoms with Crippen molar-refractivity contribution in [1.29, 1.82) is 0 Å². The van der Waals surface area contributed by atoms with Crippen molar-refractivity contribution in [3.63, 3.8) is 0 Å². The van der Waals surface area contributed by atoms with Crippen molar-refractivity contribution in [3.05, 3.63) is 86.9 Å². The molecule has 1 heterocycles. The molecule has 3 aromatic carbocycles. The lowest BCUT2D eigenvalue weighted by Crippen LogP contribution is -2.12. The van der Waals surface area contributed by atoms with Crippen LogP contribution in [0.15, 0.2) is 65.1 Å². The molecule has 1 atom stereocenters. The summed E-state index contributed by atoms with van der Waals surface area (Å²) in [5.74, 6) is 0.412. The van der Waals surface area contributed by atoms with Gasteiger partial charge in [-0.25, -0.2) is 4.98 Å².